The highest BCUT2D eigenvalue weighted by Crippen LogP contribution is 2.38. The Hall–Kier alpha value is -0.930. The normalized spacial score (nSPS) is 26.5. The summed E-state index contributed by atoms with van der Waals surface area (Å²) in [5.74, 6) is 1.44. The predicted octanol–water partition coefficient (Wildman–Crippen LogP) is 3.80. The zero-order valence-corrected chi connectivity index (χ0v) is 13.6. The Morgan fingerprint density at radius 1 is 1.29 bits per heavy atom. The Kier molecular flexibility index (Phi) is 5.39. The van der Waals surface area contributed by atoms with Gasteiger partial charge in [-0.3, -0.25) is 4.90 Å². The highest BCUT2D eigenvalue weighted by atomic mass is 19.1. The van der Waals surface area contributed by atoms with E-state index in [4.69, 9.17) is 5.73 Å². The quantitative estimate of drug-likeness (QED) is 0.894. The lowest BCUT2D eigenvalue weighted by Gasteiger charge is -2.47. The topological polar surface area (TPSA) is 29.3 Å². The van der Waals surface area contributed by atoms with Gasteiger partial charge in [-0.2, -0.15) is 0 Å². The highest BCUT2D eigenvalue weighted by molar-refractivity contribution is 5.17. The number of halogens is 1. The number of hydrogen-bond donors (Lipinski definition) is 1. The van der Waals surface area contributed by atoms with Gasteiger partial charge in [0.25, 0.3) is 0 Å². The lowest BCUT2D eigenvalue weighted by Crippen LogP contribution is -2.54. The zero-order chi connectivity index (χ0) is 15.5. The lowest BCUT2D eigenvalue weighted by molar-refractivity contribution is 0.0490. The smallest absolute Gasteiger partial charge is 0.127 e. The van der Waals surface area contributed by atoms with Crippen LogP contribution in [0.3, 0.4) is 0 Å². The summed E-state index contributed by atoms with van der Waals surface area (Å²) in [6.45, 7) is 5.91. The van der Waals surface area contributed by atoms with Crippen molar-refractivity contribution in [2.24, 2.45) is 17.6 Å². The minimum atomic E-state index is -0.118. The summed E-state index contributed by atoms with van der Waals surface area (Å²) in [4.78, 5) is 2.28. The molecular formula is C18H29FN2. The first kappa shape index (κ1) is 16.4. The molecule has 2 nitrogen and oxygen atoms in total. The van der Waals surface area contributed by atoms with Crippen LogP contribution in [0.25, 0.3) is 0 Å². The molecule has 1 aromatic rings. The molecule has 0 saturated heterocycles. The van der Waals surface area contributed by atoms with Crippen molar-refractivity contribution in [1.82, 2.24) is 4.90 Å². The summed E-state index contributed by atoms with van der Waals surface area (Å²) in [5.41, 5.74) is 6.92. The monoisotopic (exact) mass is 292 g/mol. The fourth-order valence-corrected chi connectivity index (χ4v) is 3.64. The van der Waals surface area contributed by atoms with Gasteiger partial charge in [0.05, 0.1) is 0 Å². The molecule has 1 aliphatic carbocycles. The molecule has 1 aromatic carbocycles. The van der Waals surface area contributed by atoms with Crippen LogP contribution in [0.15, 0.2) is 24.3 Å². The summed E-state index contributed by atoms with van der Waals surface area (Å²) in [5, 5.41) is 0. The van der Waals surface area contributed by atoms with E-state index in [1.54, 1.807) is 6.07 Å². The highest BCUT2D eigenvalue weighted by Gasteiger charge is 2.38. The van der Waals surface area contributed by atoms with Crippen LogP contribution in [0.5, 0.6) is 0 Å². The molecule has 0 heterocycles. The fraction of sp³-hybridized carbons (Fsp3) is 0.667. The van der Waals surface area contributed by atoms with E-state index >= 15 is 0 Å². The van der Waals surface area contributed by atoms with E-state index in [9.17, 15) is 4.39 Å². The first-order chi connectivity index (χ1) is 9.98. The second-order valence-electron chi connectivity index (χ2n) is 6.96. The minimum absolute atomic E-state index is 0.0354. The molecule has 0 bridgehead atoms. The SMILES string of the molecule is CC(C)C1CCC(CN)(N(C)Cc2ccccc2F)CC1. The lowest BCUT2D eigenvalue weighted by atomic mass is 9.72. The summed E-state index contributed by atoms with van der Waals surface area (Å²) in [6, 6.07) is 7.05. The van der Waals surface area contributed by atoms with Gasteiger partial charge in [-0.05, 0) is 50.6 Å². The van der Waals surface area contributed by atoms with Crippen LogP contribution in [0.2, 0.25) is 0 Å². The van der Waals surface area contributed by atoms with E-state index in [2.05, 4.69) is 25.8 Å². The molecule has 0 aliphatic heterocycles. The van der Waals surface area contributed by atoms with Crippen molar-refractivity contribution in [3.05, 3.63) is 35.6 Å². The van der Waals surface area contributed by atoms with Gasteiger partial charge in [-0.1, -0.05) is 32.0 Å². The molecule has 21 heavy (non-hydrogen) atoms. The van der Waals surface area contributed by atoms with Crippen LogP contribution in [0.1, 0.15) is 45.1 Å². The van der Waals surface area contributed by atoms with Crippen LogP contribution >= 0.6 is 0 Å². The van der Waals surface area contributed by atoms with Gasteiger partial charge in [-0.25, -0.2) is 4.39 Å². The standard InChI is InChI=1S/C18H29FN2/c1-14(2)15-8-10-18(13-20,11-9-15)21(3)12-16-6-4-5-7-17(16)19/h4-7,14-15H,8-13,20H2,1-3H3. The van der Waals surface area contributed by atoms with Gasteiger partial charge in [0, 0.05) is 24.2 Å². The molecule has 3 heteroatoms. The molecule has 0 atom stereocenters. The Bertz CT molecular complexity index is 450. The number of nitrogens with two attached hydrogens (primary N) is 1. The molecule has 0 amide bonds. The van der Waals surface area contributed by atoms with Gasteiger partial charge >= 0.3 is 0 Å². The average molecular weight is 292 g/mol. The van der Waals surface area contributed by atoms with Crippen LogP contribution in [0, 0.1) is 17.7 Å². The van der Waals surface area contributed by atoms with Crippen molar-refractivity contribution in [3.8, 4) is 0 Å². The van der Waals surface area contributed by atoms with Crippen LogP contribution in [-0.2, 0) is 6.54 Å². The molecule has 118 valence electrons. The molecule has 2 rings (SSSR count). The number of rotatable bonds is 5. The Morgan fingerprint density at radius 2 is 1.90 bits per heavy atom. The summed E-state index contributed by atoms with van der Waals surface area (Å²) < 4.78 is 13.9. The Morgan fingerprint density at radius 3 is 2.43 bits per heavy atom. The molecule has 2 N–H and O–H groups in total. The average Bonchev–Trinajstić information content (AvgIpc) is 2.49. The molecule has 1 aliphatic rings. The third-order valence-electron chi connectivity index (χ3n) is 5.46. The van der Waals surface area contributed by atoms with Crippen LogP contribution < -0.4 is 5.73 Å². The largest absolute Gasteiger partial charge is 0.329 e. The van der Waals surface area contributed by atoms with Crippen molar-refractivity contribution < 1.29 is 4.39 Å². The number of hydrogen-bond acceptors (Lipinski definition) is 2. The van der Waals surface area contributed by atoms with E-state index in [0.29, 0.717) is 13.1 Å². The van der Waals surface area contributed by atoms with E-state index in [1.165, 1.54) is 18.9 Å². The number of benzene rings is 1. The first-order valence-corrected chi connectivity index (χ1v) is 8.13. The van der Waals surface area contributed by atoms with Crippen molar-refractivity contribution in [1.29, 1.82) is 0 Å². The Labute approximate surface area is 128 Å². The van der Waals surface area contributed by atoms with E-state index < -0.39 is 0 Å². The summed E-state index contributed by atoms with van der Waals surface area (Å²) in [7, 11) is 2.09. The second kappa shape index (κ2) is 6.89. The number of nitrogens with zero attached hydrogens (tertiary/aromatic N) is 1. The molecule has 0 spiro atoms. The first-order valence-electron chi connectivity index (χ1n) is 8.13. The maximum atomic E-state index is 13.9. The molecule has 0 radical (unpaired) electrons. The molecule has 1 fully saturated rings. The number of likely N-dealkylation sites (N-methyl/N-ethyl adjacent to an activating group) is 1. The Balaban J connectivity index is 2.06. The summed E-state index contributed by atoms with van der Waals surface area (Å²) >= 11 is 0. The molecule has 0 aromatic heterocycles. The van der Waals surface area contributed by atoms with E-state index in [0.717, 1.165) is 30.2 Å². The fourth-order valence-electron chi connectivity index (χ4n) is 3.64. The van der Waals surface area contributed by atoms with Gasteiger partial charge in [0.1, 0.15) is 5.82 Å². The third-order valence-corrected chi connectivity index (χ3v) is 5.46. The molecular weight excluding hydrogens is 263 g/mol. The van der Waals surface area contributed by atoms with Gasteiger partial charge in [0.15, 0.2) is 0 Å². The predicted molar refractivity (Wildman–Crippen MR) is 86.4 cm³/mol. The molecule has 0 unspecified atom stereocenters. The van der Waals surface area contributed by atoms with E-state index in [-0.39, 0.29) is 11.4 Å². The zero-order valence-electron chi connectivity index (χ0n) is 13.6. The van der Waals surface area contributed by atoms with Crippen LogP contribution in [0.4, 0.5) is 4.39 Å². The third kappa shape index (κ3) is 3.64. The van der Waals surface area contributed by atoms with E-state index in [1.807, 2.05) is 12.1 Å². The maximum absolute atomic E-state index is 13.9. The molecule has 1 saturated carbocycles. The van der Waals surface area contributed by atoms with Crippen molar-refractivity contribution in [2.75, 3.05) is 13.6 Å². The van der Waals surface area contributed by atoms with Crippen molar-refractivity contribution in [2.45, 2.75) is 51.6 Å². The summed E-state index contributed by atoms with van der Waals surface area (Å²) in [6.07, 6.45) is 4.71. The second-order valence-corrected chi connectivity index (χ2v) is 6.96. The van der Waals surface area contributed by atoms with Crippen molar-refractivity contribution >= 4 is 0 Å². The maximum Gasteiger partial charge on any atom is 0.127 e. The van der Waals surface area contributed by atoms with Gasteiger partial charge in [0.2, 0.25) is 0 Å². The van der Waals surface area contributed by atoms with Crippen LogP contribution in [-0.4, -0.2) is 24.0 Å². The van der Waals surface area contributed by atoms with Crippen molar-refractivity contribution in [3.63, 3.8) is 0 Å². The minimum Gasteiger partial charge on any atom is -0.329 e. The van der Waals surface area contributed by atoms with Gasteiger partial charge in [-0.15, -0.1) is 0 Å². The van der Waals surface area contributed by atoms with Gasteiger partial charge < -0.3 is 5.73 Å².